The van der Waals surface area contributed by atoms with E-state index in [1.807, 2.05) is 0 Å². The van der Waals surface area contributed by atoms with Gasteiger partial charge in [-0.2, -0.15) is 28.1 Å². The van der Waals surface area contributed by atoms with Gasteiger partial charge >= 0.3 is 6.18 Å². The van der Waals surface area contributed by atoms with Crippen molar-refractivity contribution in [2.45, 2.75) is 32.5 Å². The van der Waals surface area contributed by atoms with Crippen LogP contribution in [0.1, 0.15) is 25.2 Å². The molecule has 0 spiro atoms. The topological polar surface area (TPSA) is 109 Å². The van der Waals surface area contributed by atoms with E-state index in [1.54, 1.807) is 13.8 Å². The second-order valence-corrected chi connectivity index (χ2v) is 7.26. The van der Waals surface area contributed by atoms with Crippen molar-refractivity contribution in [2.24, 2.45) is 0 Å². The first-order chi connectivity index (χ1) is 14.4. The van der Waals surface area contributed by atoms with Crippen LogP contribution in [0.2, 0.25) is 0 Å². The van der Waals surface area contributed by atoms with Gasteiger partial charge in [-0.05, 0) is 39.0 Å². The van der Waals surface area contributed by atoms with Crippen molar-refractivity contribution < 1.29 is 22.7 Å². The molecule has 0 atom stereocenters. The van der Waals surface area contributed by atoms with Gasteiger partial charge in [0.2, 0.25) is 11.9 Å². The molecule has 0 saturated heterocycles. The van der Waals surface area contributed by atoms with Gasteiger partial charge in [-0.1, -0.05) is 6.07 Å². The molecule has 31 heavy (non-hydrogen) atoms. The monoisotopic (exact) mass is 437 g/mol. The third kappa shape index (κ3) is 5.81. The first-order valence-corrected chi connectivity index (χ1v) is 9.07. The van der Waals surface area contributed by atoms with Crippen LogP contribution < -0.4 is 10.6 Å². The normalized spacial score (nSPS) is 12.0. The lowest BCUT2D eigenvalue weighted by Gasteiger charge is -2.18. The largest absolute Gasteiger partial charge is 0.433 e. The number of aliphatic hydroxyl groups is 1. The highest BCUT2D eigenvalue weighted by molar-refractivity contribution is 5.59. The molecule has 8 nitrogen and oxygen atoms in total. The van der Waals surface area contributed by atoms with Crippen molar-refractivity contribution in [2.75, 3.05) is 17.2 Å². The van der Waals surface area contributed by atoms with Crippen LogP contribution >= 0.6 is 0 Å². The zero-order chi connectivity index (χ0) is 22.8. The number of halogens is 4. The highest BCUT2D eigenvalue weighted by Gasteiger charge is 2.32. The van der Waals surface area contributed by atoms with Gasteiger partial charge in [-0.15, -0.1) is 0 Å². The average molecular weight is 437 g/mol. The smallest absolute Gasteiger partial charge is 0.389 e. The van der Waals surface area contributed by atoms with E-state index in [0.29, 0.717) is 0 Å². The van der Waals surface area contributed by atoms with E-state index < -0.39 is 23.3 Å². The van der Waals surface area contributed by atoms with Gasteiger partial charge in [0.15, 0.2) is 11.6 Å². The molecule has 0 radical (unpaired) electrons. The number of nitrogens with zero attached hydrogens (tertiary/aromatic N) is 5. The lowest BCUT2D eigenvalue weighted by atomic mass is 10.1. The summed E-state index contributed by atoms with van der Waals surface area (Å²) in [7, 11) is 0. The van der Waals surface area contributed by atoms with Gasteiger partial charge < -0.3 is 15.7 Å². The Bertz CT molecular complexity index is 1080. The van der Waals surface area contributed by atoms with E-state index in [4.69, 9.17) is 0 Å². The predicted octanol–water partition coefficient (Wildman–Crippen LogP) is 3.72. The quantitative estimate of drug-likeness (QED) is 0.501. The molecule has 0 fully saturated rings. The molecule has 0 aromatic carbocycles. The fraction of sp³-hybridized carbons (Fsp3) is 0.316. The van der Waals surface area contributed by atoms with Crippen LogP contribution in [-0.2, 0) is 6.18 Å². The molecule has 3 rings (SSSR count). The Morgan fingerprint density at radius 2 is 1.71 bits per heavy atom. The fourth-order valence-electron chi connectivity index (χ4n) is 2.40. The van der Waals surface area contributed by atoms with E-state index in [2.05, 4.69) is 35.6 Å². The van der Waals surface area contributed by atoms with Gasteiger partial charge in [0.1, 0.15) is 11.4 Å². The number of nitrogens with one attached hydrogen (secondary N) is 2. The molecule has 3 N–H and O–H groups in total. The van der Waals surface area contributed by atoms with E-state index >= 15 is 0 Å². The Morgan fingerprint density at radius 1 is 1.00 bits per heavy atom. The average Bonchev–Trinajstić information content (AvgIpc) is 2.69. The molecule has 0 aliphatic carbocycles. The first-order valence-electron chi connectivity index (χ1n) is 9.07. The summed E-state index contributed by atoms with van der Waals surface area (Å²) in [5, 5.41) is 15.4. The summed E-state index contributed by atoms with van der Waals surface area (Å²) in [6.07, 6.45) is -3.27. The maximum Gasteiger partial charge on any atom is 0.433 e. The van der Waals surface area contributed by atoms with Gasteiger partial charge in [-0.25, -0.2) is 9.37 Å². The van der Waals surface area contributed by atoms with E-state index in [0.717, 1.165) is 6.07 Å². The molecule has 12 heteroatoms. The summed E-state index contributed by atoms with van der Waals surface area (Å²) in [6, 6.07) is 4.67. The summed E-state index contributed by atoms with van der Waals surface area (Å²) in [4.78, 5) is 19.7. The Hall–Kier alpha value is -3.41. The minimum atomic E-state index is -4.65. The van der Waals surface area contributed by atoms with Crippen molar-refractivity contribution in [1.82, 2.24) is 24.9 Å². The molecule has 0 aliphatic heterocycles. The number of alkyl halides is 3. The molecular formula is C19H19F4N7O. The zero-order valence-electron chi connectivity index (χ0n) is 16.8. The molecule has 3 aromatic rings. The van der Waals surface area contributed by atoms with Crippen LogP contribution in [0.5, 0.6) is 0 Å². The van der Waals surface area contributed by atoms with Gasteiger partial charge in [0.05, 0.1) is 17.0 Å². The van der Waals surface area contributed by atoms with Crippen LogP contribution in [0.3, 0.4) is 0 Å². The highest BCUT2D eigenvalue weighted by Crippen LogP contribution is 2.29. The minimum absolute atomic E-state index is 0.0232. The van der Waals surface area contributed by atoms with Gasteiger partial charge in [-0.3, -0.25) is 4.98 Å². The van der Waals surface area contributed by atoms with E-state index in [-0.39, 0.29) is 41.3 Å². The van der Waals surface area contributed by atoms with Crippen LogP contribution in [0.4, 0.5) is 35.1 Å². The summed E-state index contributed by atoms with van der Waals surface area (Å²) in [5.41, 5.74) is -2.22. The van der Waals surface area contributed by atoms with Crippen molar-refractivity contribution in [3.05, 3.63) is 47.7 Å². The molecule has 3 aromatic heterocycles. The van der Waals surface area contributed by atoms with Crippen LogP contribution in [-0.4, -0.2) is 42.2 Å². The molecule has 0 unspecified atom stereocenters. The van der Waals surface area contributed by atoms with E-state index in [1.165, 1.54) is 31.3 Å². The number of anilines is 3. The first kappa shape index (κ1) is 22.3. The second kappa shape index (κ2) is 8.38. The highest BCUT2D eigenvalue weighted by atomic mass is 19.4. The number of aryl methyl sites for hydroxylation is 1. The van der Waals surface area contributed by atoms with Gasteiger partial charge in [0, 0.05) is 12.7 Å². The number of pyridine rings is 2. The Labute approximate surface area is 174 Å². The number of hydrogen-bond donors (Lipinski definition) is 3. The van der Waals surface area contributed by atoms with Crippen LogP contribution in [0.15, 0.2) is 30.5 Å². The maximum absolute atomic E-state index is 14.3. The molecule has 3 heterocycles. The van der Waals surface area contributed by atoms with Crippen molar-refractivity contribution >= 4 is 17.6 Å². The molecular weight excluding hydrogens is 418 g/mol. The van der Waals surface area contributed by atoms with E-state index in [9.17, 15) is 22.7 Å². The number of hydrogen-bond acceptors (Lipinski definition) is 8. The molecule has 0 amide bonds. The predicted molar refractivity (Wildman–Crippen MR) is 105 cm³/mol. The van der Waals surface area contributed by atoms with Gasteiger partial charge in [0.25, 0.3) is 0 Å². The number of rotatable bonds is 6. The lowest BCUT2D eigenvalue weighted by molar-refractivity contribution is -0.141. The summed E-state index contributed by atoms with van der Waals surface area (Å²) in [6.45, 7) is 4.60. The fourth-order valence-corrected chi connectivity index (χ4v) is 2.40. The maximum atomic E-state index is 14.3. The third-order valence-electron chi connectivity index (χ3n) is 3.89. The van der Waals surface area contributed by atoms with Crippen molar-refractivity contribution in [1.29, 1.82) is 0 Å². The van der Waals surface area contributed by atoms with Crippen LogP contribution in [0, 0.1) is 12.7 Å². The third-order valence-corrected chi connectivity index (χ3v) is 3.89. The van der Waals surface area contributed by atoms with Crippen molar-refractivity contribution in [3.8, 4) is 11.5 Å². The summed E-state index contributed by atoms with van der Waals surface area (Å²) < 4.78 is 53.5. The Morgan fingerprint density at radius 3 is 2.39 bits per heavy atom. The Balaban J connectivity index is 2.04. The molecule has 0 saturated carbocycles. The molecule has 0 aliphatic rings. The second-order valence-electron chi connectivity index (χ2n) is 7.26. The standard InChI is InChI=1S/C19H19F4N7O/c1-10-14(20)11(7-8-24-10)27-17-29-15(28-16(30-17)25-9-18(2,3)31)12-5-4-6-13(26-12)19(21,22)23/h4-8,31H,9H2,1-3H3,(H2,24,25,27,28,29,30). The summed E-state index contributed by atoms with van der Waals surface area (Å²) >= 11 is 0. The molecule has 0 bridgehead atoms. The SMILES string of the molecule is Cc1nccc(Nc2nc(NCC(C)(C)O)nc(-c3cccc(C(F)(F)F)n3)n2)c1F. The zero-order valence-corrected chi connectivity index (χ0v) is 16.8. The minimum Gasteiger partial charge on any atom is -0.389 e. The number of aromatic nitrogens is 5. The van der Waals surface area contributed by atoms with Crippen LogP contribution in [0.25, 0.3) is 11.5 Å². The Kier molecular flexibility index (Phi) is 6.02. The lowest BCUT2D eigenvalue weighted by Crippen LogP contribution is -2.30. The summed E-state index contributed by atoms with van der Waals surface area (Å²) in [5.74, 6) is -0.979. The van der Waals surface area contributed by atoms with Crippen molar-refractivity contribution in [3.63, 3.8) is 0 Å². The molecule has 164 valence electrons.